The van der Waals surface area contributed by atoms with Gasteiger partial charge in [-0.2, -0.15) is 0 Å². The van der Waals surface area contributed by atoms with E-state index in [0.717, 1.165) is 3.80 Å². The molecule has 0 fully saturated rings. The van der Waals surface area contributed by atoms with E-state index < -0.39 is 5.97 Å². The molecule has 0 saturated carbocycles. The molecule has 13 heavy (non-hydrogen) atoms. The van der Waals surface area contributed by atoms with Crippen LogP contribution in [-0.2, 0) is 9.63 Å². The van der Waals surface area contributed by atoms with E-state index in [9.17, 15) is 4.79 Å². The molecule has 0 saturated heterocycles. The van der Waals surface area contributed by atoms with Crippen LogP contribution in [-0.4, -0.2) is 45.7 Å². The van der Waals surface area contributed by atoms with Crippen LogP contribution in [0.25, 0.3) is 0 Å². The number of carboxylic acid groups (broad SMARTS) is 1. The van der Waals surface area contributed by atoms with Crippen molar-refractivity contribution >= 4 is 43.7 Å². The molecular weight excluding hydrogens is 255 g/mol. The fourth-order valence-electron chi connectivity index (χ4n) is 0.660. The van der Waals surface area contributed by atoms with Gasteiger partial charge in [0, 0.05) is 0 Å². The maximum absolute atomic E-state index is 10.6. The standard InChI is InChI=1S/C6H5AsN2O3S/c1-12-9-4(5(10)11)3-2-13-6(7)8-3/h2H,1H3,(H,10,11). The summed E-state index contributed by atoms with van der Waals surface area (Å²) in [5, 5.41) is 13.7. The SMILES string of the molecule is CON=C(C(=O)O)c1csc([As])n1. The number of hydrogen-bond donors (Lipinski definition) is 1. The number of aromatic nitrogens is 1. The first kappa shape index (κ1) is 10.2. The number of carboxylic acids is 1. The van der Waals surface area contributed by atoms with Crippen LogP contribution in [0.2, 0.25) is 0 Å². The molecular formula is C6H5AsN2O3S. The van der Waals surface area contributed by atoms with Crippen LogP contribution < -0.4 is 3.80 Å². The van der Waals surface area contributed by atoms with Gasteiger partial charge < -0.3 is 0 Å². The van der Waals surface area contributed by atoms with Crippen molar-refractivity contribution in [2.45, 2.75) is 0 Å². The van der Waals surface area contributed by atoms with Gasteiger partial charge in [-0.25, -0.2) is 0 Å². The Morgan fingerprint density at radius 3 is 2.92 bits per heavy atom. The molecule has 68 valence electrons. The molecule has 7 heteroatoms. The van der Waals surface area contributed by atoms with E-state index in [2.05, 4.69) is 31.8 Å². The van der Waals surface area contributed by atoms with Gasteiger partial charge in [0.1, 0.15) is 0 Å². The second-order valence-corrected chi connectivity index (χ2v) is 4.35. The quantitative estimate of drug-likeness (QED) is 0.446. The Morgan fingerprint density at radius 2 is 2.54 bits per heavy atom. The molecule has 2 radical (unpaired) electrons. The van der Waals surface area contributed by atoms with Crippen LogP contribution in [0.4, 0.5) is 0 Å². The third-order valence-electron chi connectivity index (χ3n) is 1.12. The van der Waals surface area contributed by atoms with Crippen LogP contribution >= 0.6 is 11.3 Å². The molecule has 0 unspecified atom stereocenters. The van der Waals surface area contributed by atoms with Crippen LogP contribution in [0, 0.1) is 0 Å². The molecule has 1 rings (SSSR count). The first-order chi connectivity index (χ1) is 6.15. The molecule has 5 nitrogen and oxygen atoms in total. The monoisotopic (exact) mass is 260 g/mol. The molecule has 1 aromatic heterocycles. The van der Waals surface area contributed by atoms with Crippen molar-refractivity contribution < 1.29 is 14.7 Å². The summed E-state index contributed by atoms with van der Waals surface area (Å²) in [7, 11) is 1.29. The zero-order valence-electron chi connectivity index (χ0n) is 6.59. The average Bonchev–Trinajstić information content (AvgIpc) is 2.46. The summed E-state index contributed by atoms with van der Waals surface area (Å²) in [6, 6.07) is 0. The number of hydrogen-bond acceptors (Lipinski definition) is 5. The molecule has 0 bridgehead atoms. The first-order valence-electron chi connectivity index (χ1n) is 3.14. The van der Waals surface area contributed by atoms with Gasteiger partial charge in [-0.15, -0.1) is 0 Å². The Bertz CT molecular complexity index is 349. The van der Waals surface area contributed by atoms with Crippen LogP contribution in [0.1, 0.15) is 5.69 Å². The van der Waals surface area contributed by atoms with Crippen molar-refractivity contribution in [1.82, 2.24) is 4.98 Å². The maximum atomic E-state index is 10.6. The molecule has 1 heterocycles. The number of oxime groups is 1. The molecule has 0 aliphatic rings. The van der Waals surface area contributed by atoms with E-state index in [1.165, 1.54) is 18.4 Å². The summed E-state index contributed by atoms with van der Waals surface area (Å²) >= 11 is 3.57. The molecule has 0 atom stereocenters. The van der Waals surface area contributed by atoms with Crippen LogP contribution in [0.5, 0.6) is 0 Å². The van der Waals surface area contributed by atoms with E-state index in [0.29, 0.717) is 5.69 Å². The van der Waals surface area contributed by atoms with Gasteiger partial charge in [0.05, 0.1) is 0 Å². The van der Waals surface area contributed by atoms with Crippen LogP contribution in [0.15, 0.2) is 10.5 Å². The first-order valence-corrected chi connectivity index (χ1v) is 4.96. The fraction of sp³-hybridized carbons (Fsp3) is 0.167. The summed E-state index contributed by atoms with van der Waals surface area (Å²) in [6.45, 7) is 0. The van der Waals surface area contributed by atoms with E-state index in [4.69, 9.17) is 5.11 Å². The summed E-state index contributed by atoms with van der Waals surface area (Å²) in [5.41, 5.74) is 0.131. The second-order valence-electron chi connectivity index (χ2n) is 1.94. The topological polar surface area (TPSA) is 71.8 Å². The van der Waals surface area contributed by atoms with E-state index in [1.807, 2.05) is 0 Å². The Kier molecular flexibility index (Phi) is 3.45. The van der Waals surface area contributed by atoms with Gasteiger partial charge >= 0.3 is 86.7 Å². The van der Waals surface area contributed by atoms with Crippen molar-refractivity contribution in [3.63, 3.8) is 0 Å². The summed E-state index contributed by atoms with van der Waals surface area (Å²) in [4.78, 5) is 19.0. The zero-order valence-corrected chi connectivity index (χ0v) is 9.28. The number of nitrogens with zero attached hydrogens (tertiary/aromatic N) is 2. The second kappa shape index (κ2) is 4.39. The van der Waals surface area contributed by atoms with Gasteiger partial charge in [0.25, 0.3) is 0 Å². The molecule has 1 N–H and O–H groups in total. The van der Waals surface area contributed by atoms with Gasteiger partial charge in [-0.05, 0) is 0 Å². The van der Waals surface area contributed by atoms with Crippen molar-refractivity contribution in [3.05, 3.63) is 11.1 Å². The molecule has 0 aliphatic heterocycles. The number of thiazole rings is 1. The van der Waals surface area contributed by atoms with E-state index >= 15 is 0 Å². The number of aliphatic carboxylic acids is 1. The number of rotatable bonds is 3. The Hall–Kier alpha value is -0.872. The minimum absolute atomic E-state index is 0.184. The normalized spacial score (nSPS) is 11.4. The Morgan fingerprint density at radius 1 is 1.85 bits per heavy atom. The van der Waals surface area contributed by atoms with E-state index in [1.54, 1.807) is 5.38 Å². The molecule has 0 amide bonds. The van der Waals surface area contributed by atoms with Gasteiger partial charge in [-0.1, -0.05) is 0 Å². The summed E-state index contributed by atoms with van der Waals surface area (Å²) in [6.07, 6.45) is 0. The van der Waals surface area contributed by atoms with Crippen LogP contribution in [0.3, 0.4) is 0 Å². The molecule has 0 spiro atoms. The van der Waals surface area contributed by atoms with Crippen molar-refractivity contribution in [2.24, 2.45) is 5.16 Å². The predicted molar refractivity (Wildman–Crippen MR) is 48.7 cm³/mol. The zero-order chi connectivity index (χ0) is 9.84. The van der Waals surface area contributed by atoms with Gasteiger partial charge in [0.15, 0.2) is 0 Å². The van der Waals surface area contributed by atoms with Gasteiger partial charge in [-0.3, -0.25) is 0 Å². The summed E-state index contributed by atoms with van der Waals surface area (Å²) in [5.74, 6) is -1.15. The van der Waals surface area contributed by atoms with Crippen molar-refractivity contribution in [3.8, 4) is 0 Å². The minimum atomic E-state index is -1.15. The van der Waals surface area contributed by atoms with Crippen molar-refractivity contribution in [2.75, 3.05) is 7.11 Å². The Labute approximate surface area is 86.9 Å². The van der Waals surface area contributed by atoms with Gasteiger partial charge in [0.2, 0.25) is 0 Å². The molecule has 1 aromatic rings. The Balaban J connectivity index is 3.02. The third kappa shape index (κ3) is 2.53. The molecule has 0 aromatic carbocycles. The predicted octanol–water partition coefficient (Wildman–Crippen LogP) is -0.628. The fourth-order valence-corrected chi connectivity index (χ4v) is 1.75. The number of carbonyl (C=O) groups is 1. The summed E-state index contributed by atoms with van der Waals surface area (Å²) < 4.78 is 0.729. The molecule has 0 aliphatic carbocycles. The third-order valence-corrected chi connectivity index (χ3v) is 2.64. The van der Waals surface area contributed by atoms with Crippen molar-refractivity contribution in [1.29, 1.82) is 0 Å². The average molecular weight is 260 g/mol. The van der Waals surface area contributed by atoms with E-state index in [-0.39, 0.29) is 5.71 Å².